The van der Waals surface area contributed by atoms with Gasteiger partial charge in [-0.3, -0.25) is 4.99 Å². The van der Waals surface area contributed by atoms with Gasteiger partial charge < -0.3 is 8.98 Å². The summed E-state index contributed by atoms with van der Waals surface area (Å²) in [7, 11) is 0. The number of fused-ring (bicyclic) bond motifs is 9. The molecule has 1 aliphatic rings. The minimum Gasteiger partial charge on any atom is -0.456 e. The largest absolute Gasteiger partial charge is 0.456 e. The van der Waals surface area contributed by atoms with Crippen LogP contribution in [-0.2, 0) is 0 Å². The number of furan rings is 1. The smallest absolute Gasteiger partial charge is 0.155 e. The van der Waals surface area contributed by atoms with Crippen LogP contribution in [0, 0.1) is 5.92 Å². The van der Waals surface area contributed by atoms with E-state index in [9.17, 15) is 0 Å². The van der Waals surface area contributed by atoms with Crippen LogP contribution in [-0.4, -0.2) is 16.1 Å². The van der Waals surface area contributed by atoms with Gasteiger partial charge in [0.2, 0.25) is 0 Å². The first-order chi connectivity index (χ1) is 28.7. The highest BCUT2D eigenvalue weighted by Gasteiger charge is 2.33. The molecule has 4 nitrogen and oxygen atoms in total. The minimum atomic E-state index is -0.118. The van der Waals surface area contributed by atoms with Crippen LogP contribution in [0.25, 0.3) is 81.7 Å². The number of amidine groups is 1. The molecule has 3 heterocycles. The number of hydrogen-bond donors (Lipinski definition) is 0. The second-order valence-electron chi connectivity index (χ2n) is 15.6. The molecule has 11 aromatic rings. The van der Waals surface area contributed by atoms with Crippen molar-refractivity contribution in [2.45, 2.75) is 19.4 Å². The highest BCUT2D eigenvalue weighted by atomic mass is 16.3. The van der Waals surface area contributed by atoms with E-state index in [1.54, 1.807) is 0 Å². The fourth-order valence-electron chi connectivity index (χ4n) is 9.61. The SMILES string of the molecule is CCC1C(c2cccc3ccccc23)=NC(c2cc(-n3c4ccccc4c4cc5ccccc5cc43)c3c(c2)oc2cc4ccccc4cc23)=NC1c1ccccc1. The van der Waals surface area contributed by atoms with E-state index in [2.05, 4.69) is 193 Å². The Labute approximate surface area is 335 Å². The first kappa shape index (κ1) is 32.9. The van der Waals surface area contributed by atoms with Crippen LogP contribution in [0.5, 0.6) is 0 Å². The van der Waals surface area contributed by atoms with Gasteiger partial charge in [-0.25, -0.2) is 4.99 Å². The van der Waals surface area contributed by atoms with Gasteiger partial charge in [-0.2, -0.15) is 0 Å². The van der Waals surface area contributed by atoms with Crippen LogP contribution in [0.1, 0.15) is 36.1 Å². The zero-order valence-corrected chi connectivity index (χ0v) is 31.9. The van der Waals surface area contributed by atoms with Gasteiger partial charge in [-0.1, -0.05) is 146 Å². The molecular weight excluding hydrogens is 707 g/mol. The Bertz CT molecular complexity index is 3510. The first-order valence-corrected chi connectivity index (χ1v) is 20.2. The maximum atomic E-state index is 6.93. The van der Waals surface area contributed by atoms with Crippen molar-refractivity contribution in [3.05, 3.63) is 199 Å². The summed E-state index contributed by atoms with van der Waals surface area (Å²) >= 11 is 0. The number of aliphatic imine (C=N–C) groups is 2. The monoisotopic (exact) mass is 743 g/mol. The number of benzene rings is 9. The van der Waals surface area contributed by atoms with Crippen LogP contribution >= 0.6 is 0 Å². The molecule has 0 saturated carbocycles. The molecule has 0 spiro atoms. The van der Waals surface area contributed by atoms with Crippen molar-refractivity contribution in [2.24, 2.45) is 15.9 Å². The van der Waals surface area contributed by atoms with E-state index in [4.69, 9.17) is 14.4 Å². The van der Waals surface area contributed by atoms with E-state index < -0.39 is 0 Å². The fraction of sp³-hybridized carbons (Fsp3) is 0.0741. The molecule has 0 aliphatic carbocycles. The Morgan fingerprint density at radius 3 is 1.93 bits per heavy atom. The van der Waals surface area contributed by atoms with Crippen LogP contribution in [0.15, 0.2) is 196 Å². The van der Waals surface area contributed by atoms with Gasteiger partial charge in [-0.15, -0.1) is 0 Å². The molecule has 9 aromatic carbocycles. The minimum absolute atomic E-state index is 0.0874. The lowest BCUT2D eigenvalue weighted by Crippen LogP contribution is -2.28. The van der Waals surface area contributed by atoms with Crippen molar-refractivity contribution < 1.29 is 4.42 Å². The summed E-state index contributed by atoms with van der Waals surface area (Å²) < 4.78 is 9.37. The van der Waals surface area contributed by atoms with E-state index >= 15 is 0 Å². The normalized spacial score (nSPS) is 15.9. The van der Waals surface area contributed by atoms with Crippen molar-refractivity contribution in [1.29, 1.82) is 0 Å². The van der Waals surface area contributed by atoms with Crippen LogP contribution in [0.4, 0.5) is 0 Å². The molecule has 4 heteroatoms. The van der Waals surface area contributed by atoms with Gasteiger partial charge >= 0.3 is 0 Å². The van der Waals surface area contributed by atoms with Crippen molar-refractivity contribution in [2.75, 3.05) is 0 Å². The average Bonchev–Trinajstić information content (AvgIpc) is 3.81. The molecule has 12 rings (SSSR count). The molecule has 0 saturated heterocycles. The predicted octanol–water partition coefficient (Wildman–Crippen LogP) is 14.2. The summed E-state index contributed by atoms with van der Waals surface area (Å²) in [6.45, 7) is 2.26. The van der Waals surface area contributed by atoms with Crippen LogP contribution in [0.3, 0.4) is 0 Å². The highest BCUT2D eigenvalue weighted by molar-refractivity contribution is 6.22. The zero-order chi connectivity index (χ0) is 38.3. The van der Waals surface area contributed by atoms with E-state index in [-0.39, 0.29) is 12.0 Å². The van der Waals surface area contributed by atoms with E-state index in [1.165, 1.54) is 43.3 Å². The molecule has 2 aromatic heterocycles. The summed E-state index contributed by atoms with van der Waals surface area (Å²) in [4.78, 5) is 11.2. The zero-order valence-electron chi connectivity index (χ0n) is 31.9. The van der Waals surface area contributed by atoms with E-state index in [1.807, 2.05) is 0 Å². The van der Waals surface area contributed by atoms with Crippen molar-refractivity contribution >= 4 is 87.6 Å². The molecule has 274 valence electrons. The topological polar surface area (TPSA) is 42.8 Å². The van der Waals surface area contributed by atoms with Gasteiger partial charge in [0, 0.05) is 33.2 Å². The number of para-hydroxylation sites is 1. The number of nitrogens with zero attached hydrogens (tertiary/aromatic N) is 3. The molecule has 0 fully saturated rings. The Morgan fingerprint density at radius 2 is 1.16 bits per heavy atom. The van der Waals surface area contributed by atoms with Gasteiger partial charge in [0.05, 0.1) is 33.9 Å². The summed E-state index contributed by atoms with van der Waals surface area (Å²) in [6.07, 6.45) is 0.898. The maximum Gasteiger partial charge on any atom is 0.155 e. The van der Waals surface area contributed by atoms with Gasteiger partial charge in [-0.05, 0) is 86.8 Å². The standard InChI is InChI=1S/C54H37N3O/c1-2-40-52(34-16-4-3-5-17-34)55-54(56-53(40)43-25-14-22-33-15-10-11-23-41(33)43)39-30-48(51-45-28-36-19-7-9-21-38(36)31-49(45)58-50(51)32-39)57-46-26-13-12-24-42(46)44-27-35-18-6-8-20-37(35)29-47(44)57/h3-32,40,52H,2H2,1H3. The van der Waals surface area contributed by atoms with Crippen molar-refractivity contribution in [3.63, 3.8) is 0 Å². The second-order valence-corrected chi connectivity index (χ2v) is 15.6. The second kappa shape index (κ2) is 12.9. The average molecular weight is 744 g/mol. The van der Waals surface area contributed by atoms with Crippen molar-refractivity contribution in [3.8, 4) is 5.69 Å². The van der Waals surface area contributed by atoms with Crippen LogP contribution in [0.2, 0.25) is 0 Å². The third-order valence-electron chi connectivity index (χ3n) is 12.3. The molecule has 1 aliphatic heterocycles. The molecule has 0 amide bonds. The summed E-state index contributed by atoms with van der Waals surface area (Å²) in [5.74, 6) is 0.797. The van der Waals surface area contributed by atoms with Crippen molar-refractivity contribution in [1.82, 2.24) is 4.57 Å². The quantitative estimate of drug-likeness (QED) is 0.173. The number of aromatic nitrogens is 1. The molecule has 0 radical (unpaired) electrons. The lowest BCUT2D eigenvalue weighted by molar-refractivity contribution is 0.533. The fourth-order valence-corrected chi connectivity index (χ4v) is 9.61. The third kappa shape index (κ3) is 5.01. The molecule has 58 heavy (non-hydrogen) atoms. The van der Waals surface area contributed by atoms with Gasteiger partial charge in [0.25, 0.3) is 0 Å². The lowest BCUT2D eigenvalue weighted by atomic mass is 9.82. The van der Waals surface area contributed by atoms with Crippen LogP contribution < -0.4 is 0 Å². The predicted molar refractivity (Wildman–Crippen MR) is 243 cm³/mol. The Kier molecular flexibility index (Phi) is 7.30. The third-order valence-corrected chi connectivity index (χ3v) is 12.3. The molecule has 2 atom stereocenters. The summed E-state index contributed by atoms with van der Waals surface area (Å²) in [6, 6.07) is 65.4. The molecule has 0 N–H and O–H groups in total. The van der Waals surface area contributed by atoms with E-state index in [0.29, 0.717) is 5.84 Å². The Balaban J connectivity index is 1.19. The first-order valence-electron chi connectivity index (χ1n) is 20.2. The number of rotatable bonds is 5. The Morgan fingerprint density at radius 1 is 0.517 bits per heavy atom. The van der Waals surface area contributed by atoms with Gasteiger partial charge in [0.1, 0.15) is 11.2 Å². The molecular formula is C54H37N3O. The number of hydrogen-bond acceptors (Lipinski definition) is 3. The molecule has 2 unspecified atom stereocenters. The Hall–Kier alpha value is -7.30. The maximum absolute atomic E-state index is 6.93. The summed E-state index contributed by atoms with van der Waals surface area (Å²) in [5.41, 5.74) is 9.33. The summed E-state index contributed by atoms with van der Waals surface area (Å²) in [5, 5.41) is 11.7. The van der Waals surface area contributed by atoms with Gasteiger partial charge in [0.15, 0.2) is 5.84 Å². The van der Waals surface area contributed by atoms with E-state index in [0.717, 1.165) is 67.3 Å². The highest BCUT2D eigenvalue weighted by Crippen LogP contribution is 2.43. The molecule has 0 bridgehead atoms. The lowest BCUT2D eigenvalue weighted by Gasteiger charge is -2.30.